The van der Waals surface area contributed by atoms with Crippen LogP contribution in [0.2, 0.25) is 5.02 Å². The summed E-state index contributed by atoms with van der Waals surface area (Å²) in [5.41, 5.74) is 8.08. The van der Waals surface area contributed by atoms with Crippen LogP contribution in [0.15, 0.2) is 42.6 Å². The average molecular weight is 497 g/mol. The van der Waals surface area contributed by atoms with Crippen LogP contribution in [0.5, 0.6) is 0 Å². The van der Waals surface area contributed by atoms with Crippen molar-refractivity contribution in [3.63, 3.8) is 0 Å². The van der Waals surface area contributed by atoms with Gasteiger partial charge < -0.3 is 20.9 Å². The fourth-order valence-electron chi connectivity index (χ4n) is 4.57. The Morgan fingerprint density at radius 2 is 2.06 bits per heavy atom. The van der Waals surface area contributed by atoms with Gasteiger partial charge in [0.1, 0.15) is 10.8 Å². The second kappa shape index (κ2) is 9.60. The van der Waals surface area contributed by atoms with E-state index in [9.17, 15) is 9.59 Å². The van der Waals surface area contributed by atoms with Crippen LogP contribution < -0.4 is 16.0 Å². The first-order valence-corrected chi connectivity index (χ1v) is 12.4. The number of hydrogen-bond donors (Lipinski definition) is 2. The summed E-state index contributed by atoms with van der Waals surface area (Å²) in [7, 11) is 0. The van der Waals surface area contributed by atoms with Crippen molar-refractivity contribution in [2.45, 2.75) is 32.4 Å². The predicted octanol–water partition coefficient (Wildman–Crippen LogP) is 4.18. The van der Waals surface area contributed by atoms with Gasteiger partial charge in [-0.1, -0.05) is 35.1 Å². The zero-order valence-corrected chi connectivity index (χ0v) is 20.1. The lowest BCUT2D eigenvalue weighted by molar-refractivity contribution is -0.132. The lowest BCUT2D eigenvalue weighted by atomic mass is 9.94. The highest BCUT2D eigenvalue weighted by Crippen LogP contribution is 2.36. The fraction of sp³-hybridized carbons (Fsp3) is 0.333. The van der Waals surface area contributed by atoms with Crippen LogP contribution >= 0.6 is 22.9 Å². The third-order valence-electron chi connectivity index (χ3n) is 6.25. The van der Waals surface area contributed by atoms with Crippen molar-refractivity contribution in [2.24, 2.45) is 11.7 Å². The molecule has 3 aromatic rings. The van der Waals surface area contributed by atoms with Crippen molar-refractivity contribution in [1.82, 2.24) is 14.9 Å². The number of thiazole rings is 1. The summed E-state index contributed by atoms with van der Waals surface area (Å²) in [5.74, 6) is 0.420. The Morgan fingerprint density at radius 1 is 1.21 bits per heavy atom. The minimum absolute atomic E-state index is 0.161. The molecular weight excluding hydrogens is 472 g/mol. The monoisotopic (exact) mass is 496 g/mol. The molecule has 2 amide bonds. The first-order chi connectivity index (χ1) is 16.5. The van der Waals surface area contributed by atoms with Gasteiger partial charge in [-0.15, -0.1) is 0 Å². The highest BCUT2D eigenvalue weighted by molar-refractivity contribution is 7.20. The topological polar surface area (TPSA) is 104 Å². The summed E-state index contributed by atoms with van der Waals surface area (Å²) < 4.78 is 0. The zero-order valence-electron chi connectivity index (χ0n) is 18.5. The van der Waals surface area contributed by atoms with E-state index in [0.717, 1.165) is 35.6 Å². The number of rotatable bonds is 6. The van der Waals surface area contributed by atoms with Gasteiger partial charge in [0.25, 0.3) is 5.91 Å². The standard InChI is InChI=1S/C24H25ClN6O2S/c25-18-7-6-16-13-31(14-17(16)11-18)20(32)10-15-4-3-9-30(12-15)24-29-21(22(26)33)23(34-24)28-19-5-1-2-8-27-19/h1-2,5-8,11,15H,3-4,9-10,12-14H2,(H2,26,33)(H,27,28)/t15-/m0/s1. The Labute approximate surface area is 206 Å². The summed E-state index contributed by atoms with van der Waals surface area (Å²) >= 11 is 7.49. The van der Waals surface area contributed by atoms with Gasteiger partial charge in [-0.25, -0.2) is 9.97 Å². The Kier molecular flexibility index (Phi) is 6.38. The van der Waals surface area contributed by atoms with Crippen molar-refractivity contribution in [3.8, 4) is 0 Å². The fourth-order valence-corrected chi connectivity index (χ4v) is 5.78. The molecule has 8 nitrogen and oxygen atoms in total. The molecule has 10 heteroatoms. The maximum absolute atomic E-state index is 13.0. The molecule has 3 N–H and O–H groups in total. The summed E-state index contributed by atoms with van der Waals surface area (Å²) in [4.78, 5) is 37.9. The smallest absolute Gasteiger partial charge is 0.270 e. The molecule has 4 heterocycles. The van der Waals surface area contributed by atoms with Gasteiger partial charge in [0.15, 0.2) is 10.8 Å². The molecule has 0 bridgehead atoms. The van der Waals surface area contributed by atoms with Crippen LogP contribution in [0.4, 0.5) is 16.0 Å². The SMILES string of the molecule is NC(=O)c1nc(N2CCC[C@@H](CC(=O)N3Cc4ccc(Cl)cc4C3)C2)sc1Nc1ccccn1. The highest BCUT2D eigenvalue weighted by atomic mass is 35.5. The van der Waals surface area contributed by atoms with E-state index >= 15 is 0 Å². The predicted molar refractivity (Wildman–Crippen MR) is 133 cm³/mol. The first kappa shape index (κ1) is 22.6. The van der Waals surface area contributed by atoms with Gasteiger partial charge in [0, 0.05) is 43.8 Å². The number of fused-ring (bicyclic) bond motifs is 1. The van der Waals surface area contributed by atoms with Crippen LogP contribution in [0.1, 0.15) is 40.9 Å². The number of hydrogen-bond acceptors (Lipinski definition) is 7. The number of anilines is 3. The molecular formula is C24H25ClN6O2S. The lowest BCUT2D eigenvalue weighted by Gasteiger charge is -2.33. The molecule has 1 saturated heterocycles. The Hall–Kier alpha value is -3.17. The van der Waals surface area contributed by atoms with Gasteiger partial charge in [-0.3, -0.25) is 9.59 Å². The molecule has 0 radical (unpaired) electrons. The first-order valence-electron chi connectivity index (χ1n) is 11.2. The van der Waals surface area contributed by atoms with Crippen LogP contribution in [-0.4, -0.2) is 39.8 Å². The third kappa shape index (κ3) is 4.85. The number of benzene rings is 1. The number of carbonyl (C=O) groups excluding carboxylic acids is 2. The number of piperidine rings is 1. The van der Waals surface area contributed by atoms with E-state index in [4.69, 9.17) is 17.3 Å². The second-order valence-electron chi connectivity index (χ2n) is 8.70. The van der Waals surface area contributed by atoms with Crippen LogP contribution in [0, 0.1) is 5.92 Å². The van der Waals surface area contributed by atoms with Gasteiger partial charge >= 0.3 is 0 Å². The van der Waals surface area contributed by atoms with Crippen LogP contribution in [-0.2, 0) is 17.9 Å². The molecule has 34 heavy (non-hydrogen) atoms. The Morgan fingerprint density at radius 3 is 2.85 bits per heavy atom. The van der Waals surface area contributed by atoms with Crippen LogP contribution in [0.3, 0.4) is 0 Å². The van der Waals surface area contributed by atoms with E-state index in [1.807, 2.05) is 41.3 Å². The van der Waals surface area contributed by atoms with Crippen molar-refractivity contribution in [1.29, 1.82) is 0 Å². The minimum Gasteiger partial charge on any atom is -0.364 e. The summed E-state index contributed by atoms with van der Waals surface area (Å²) in [6.07, 6.45) is 4.11. The molecule has 0 aliphatic carbocycles. The van der Waals surface area contributed by atoms with Gasteiger partial charge in [-0.05, 0) is 54.2 Å². The molecule has 0 saturated carbocycles. The number of nitrogens with one attached hydrogen (secondary N) is 1. The molecule has 0 spiro atoms. The molecule has 2 aliphatic rings. The molecule has 176 valence electrons. The minimum atomic E-state index is -0.585. The normalized spacial score (nSPS) is 17.5. The summed E-state index contributed by atoms with van der Waals surface area (Å²) in [6, 6.07) is 11.3. The van der Waals surface area contributed by atoms with Gasteiger partial charge in [0.2, 0.25) is 5.91 Å². The average Bonchev–Trinajstić information content (AvgIpc) is 3.44. The van der Waals surface area contributed by atoms with Gasteiger partial charge in [0.05, 0.1) is 0 Å². The molecule has 5 rings (SSSR count). The second-order valence-corrected chi connectivity index (χ2v) is 10.1. The van der Waals surface area contributed by atoms with E-state index < -0.39 is 5.91 Å². The van der Waals surface area contributed by atoms with E-state index in [-0.39, 0.29) is 17.5 Å². The summed E-state index contributed by atoms with van der Waals surface area (Å²) in [6.45, 7) is 2.79. The van der Waals surface area contributed by atoms with E-state index in [2.05, 4.69) is 20.2 Å². The van der Waals surface area contributed by atoms with E-state index in [1.165, 1.54) is 11.3 Å². The van der Waals surface area contributed by atoms with E-state index in [1.54, 1.807) is 6.20 Å². The summed E-state index contributed by atoms with van der Waals surface area (Å²) in [5, 5.41) is 5.16. The zero-order chi connectivity index (χ0) is 23.7. The van der Waals surface area contributed by atoms with Crippen molar-refractivity contribution >= 4 is 50.7 Å². The largest absolute Gasteiger partial charge is 0.364 e. The van der Waals surface area contributed by atoms with Gasteiger partial charge in [-0.2, -0.15) is 0 Å². The Bertz CT molecular complexity index is 1220. The number of amides is 2. The molecule has 1 fully saturated rings. The van der Waals surface area contributed by atoms with Crippen molar-refractivity contribution in [3.05, 3.63) is 64.4 Å². The molecule has 1 atom stereocenters. The van der Waals surface area contributed by atoms with Crippen molar-refractivity contribution < 1.29 is 9.59 Å². The number of nitrogens with two attached hydrogens (primary N) is 1. The number of pyridine rings is 1. The molecule has 2 aliphatic heterocycles. The molecule has 0 unspecified atom stereocenters. The molecule has 1 aromatic carbocycles. The van der Waals surface area contributed by atoms with Crippen molar-refractivity contribution in [2.75, 3.05) is 23.3 Å². The Balaban J connectivity index is 1.25. The number of aromatic nitrogens is 2. The maximum Gasteiger partial charge on any atom is 0.270 e. The lowest BCUT2D eigenvalue weighted by Crippen LogP contribution is -2.38. The quantitative estimate of drug-likeness (QED) is 0.530. The maximum atomic E-state index is 13.0. The number of nitrogens with zero attached hydrogens (tertiary/aromatic N) is 4. The third-order valence-corrected chi connectivity index (χ3v) is 7.52. The molecule has 2 aromatic heterocycles. The van der Waals surface area contributed by atoms with Crippen LogP contribution in [0.25, 0.3) is 0 Å². The highest BCUT2D eigenvalue weighted by Gasteiger charge is 2.29. The number of primary amides is 1. The number of halogens is 1. The van der Waals surface area contributed by atoms with E-state index in [0.29, 0.717) is 41.9 Å². The number of carbonyl (C=O) groups is 2.